The minimum absolute atomic E-state index is 0.483. The molecule has 0 bridgehead atoms. The summed E-state index contributed by atoms with van der Waals surface area (Å²) in [6, 6.07) is 10.3. The molecule has 0 spiro atoms. The van der Waals surface area contributed by atoms with Crippen molar-refractivity contribution in [1.29, 1.82) is 5.41 Å². The molecule has 38 heavy (non-hydrogen) atoms. The summed E-state index contributed by atoms with van der Waals surface area (Å²) in [5.74, 6) is 2.25. The van der Waals surface area contributed by atoms with Crippen molar-refractivity contribution in [2.24, 2.45) is 4.99 Å². The number of aromatic nitrogens is 2. The van der Waals surface area contributed by atoms with Gasteiger partial charge in [0.05, 0.1) is 18.9 Å². The molecule has 0 atom stereocenters. The summed E-state index contributed by atoms with van der Waals surface area (Å²) in [6.07, 6.45) is 5.75. The molecule has 2 aromatic rings. The lowest BCUT2D eigenvalue weighted by Crippen LogP contribution is -2.55. The second-order valence-corrected chi connectivity index (χ2v) is 10.6. The van der Waals surface area contributed by atoms with E-state index >= 15 is 0 Å². The number of piperazine rings is 1. The maximum atomic E-state index is 10.3. The predicted molar refractivity (Wildman–Crippen MR) is 149 cm³/mol. The van der Waals surface area contributed by atoms with Crippen LogP contribution in [-0.2, 0) is 4.74 Å². The Hall–Kier alpha value is -3.31. The fraction of sp³-hybridized carbons (Fsp3) is 0.464. The molecule has 10 heteroatoms. The molecule has 4 heterocycles. The Kier molecular flexibility index (Phi) is 7.75. The number of nitrogens with one attached hydrogen (secondary N) is 2. The van der Waals surface area contributed by atoms with E-state index in [1.807, 2.05) is 38.3 Å². The summed E-state index contributed by atoms with van der Waals surface area (Å²) >= 11 is 0. The van der Waals surface area contributed by atoms with E-state index in [-0.39, 0.29) is 0 Å². The van der Waals surface area contributed by atoms with Crippen molar-refractivity contribution in [2.45, 2.75) is 26.5 Å². The lowest BCUT2D eigenvalue weighted by Gasteiger charge is -2.41. The quantitative estimate of drug-likeness (QED) is 0.503. The third-order valence-electron chi connectivity index (χ3n) is 7.10. The number of aryl methyl sites for hydroxylation is 1. The summed E-state index contributed by atoms with van der Waals surface area (Å²) in [6.45, 7) is 12.4. The zero-order valence-corrected chi connectivity index (χ0v) is 22.5. The van der Waals surface area contributed by atoms with Crippen LogP contribution >= 0.6 is 0 Å². The largest absolute Gasteiger partial charge is 0.378 e. The molecule has 0 aliphatic carbocycles. The van der Waals surface area contributed by atoms with Gasteiger partial charge in [-0.2, -0.15) is 5.10 Å². The van der Waals surface area contributed by atoms with Crippen molar-refractivity contribution in [3.63, 3.8) is 0 Å². The number of hydrogen-bond donors (Lipinski definition) is 3. The van der Waals surface area contributed by atoms with Gasteiger partial charge in [-0.25, -0.2) is 9.67 Å². The van der Waals surface area contributed by atoms with Crippen molar-refractivity contribution in [3.8, 4) is 11.3 Å². The summed E-state index contributed by atoms with van der Waals surface area (Å²) in [5, 5.41) is 27.2. The number of nitrogens with zero attached hydrogens (tertiary/aromatic N) is 6. The Labute approximate surface area is 224 Å². The molecule has 5 rings (SSSR count). The number of aliphatic imine (C=N–C) groups is 1. The van der Waals surface area contributed by atoms with Crippen LogP contribution in [0, 0.1) is 12.3 Å². The normalized spacial score (nSPS) is 20.7. The van der Waals surface area contributed by atoms with Crippen molar-refractivity contribution in [3.05, 3.63) is 65.9 Å². The van der Waals surface area contributed by atoms with Crippen LogP contribution in [0.1, 0.15) is 19.4 Å². The zero-order valence-electron chi connectivity index (χ0n) is 22.5. The van der Waals surface area contributed by atoms with Crippen LogP contribution in [0.15, 0.2) is 65.3 Å². The first-order valence-electron chi connectivity index (χ1n) is 13.3. The maximum Gasteiger partial charge on any atom is 0.159 e. The third kappa shape index (κ3) is 6.39. The van der Waals surface area contributed by atoms with Gasteiger partial charge in [-0.15, -0.1) is 0 Å². The van der Waals surface area contributed by atoms with Gasteiger partial charge in [0.15, 0.2) is 5.84 Å². The van der Waals surface area contributed by atoms with E-state index in [0.717, 1.165) is 56.3 Å². The van der Waals surface area contributed by atoms with Gasteiger partial charge in [-0.3, -0.25) is 9.80 Å². The summed E-state index contributed by atoms with van der Waals surface area (Å²) in [5.41, 5.74) is 2.82. The van der Waals surface area contributed by atoms with Crippen LogP contribution in [0.2, 0.25) is 0 Å². The molecule has 3 aliphatic rings. The Balaban J connectivity index is 1.34. The van der Waals surface area contributed by atoms with Gasteiger partial charge in [0.1, 0.15) is 17.4 Å². The van der Waals surface area contributed by atoms with Crippen LogP contribution in [0.25, 0.3) is 11.3 Å². The van der Waals surface area contributed by atoms with Gasteiger partial charge < -0.3 is 25.5 Å². The van der Waals surface area contributed by atoms with Gasteiger partial charge in [0.2, 0.25) is 0 Å². The van der Waals surface area contributed by atoms with E-state index < -0.39 is 5.72 Å². The average molecular weight is 519 g/mol. The Morgan fingerprint density at radius 2 is 1.89 bits per heavy atom. The fourth-order valence-corrected chi connectivity index (χ4v) is 4.95. The van der Waals surface area contributed by atoms with E-state index in [9.17, 15) is 5.11 Å². The highest BCUT2D eigenvalue weighted by Gasteiger charge is 2.28. The number of allylic oxidation sites excluding steroid dienone is 1. The molecule has 3 N–H and O–H groups in total. The molecule has 0 unspecified atom stereocenters. The standard InChI is InChI=1S/C28H38N8O2/c1-21-5-4-6-22(17-21)24-7-8-36(32-24)27-19-26(34-13-15-38-16-14-34)30-25(31-27)18-23(29)20-33-9-11-35(12-10-33)28(2,3)37/h4-8,17-19,29-30,37H,9-16,20H2,1-3H3/b25-18+,29-23?. The van der Waals surface area contributed by atoms with Gasteiger partial charge >= 0.3 is 0 Å². The van der Waals surface area contributed by atoms with Crippen LogP contribution in [-0.4, -0.2) is 106 Å². The van der Waals surface area contributed by atoms with E-state index in [4.69, 9.17) is 20.2 Å². The van der Waals surface area contributed by atoms with Gasteiger partial charge in [0, 0.05) is 75.4 Å². The predicted octanol–water partition coefficient (Wildman–Crippen LogP) is 2.09. The van der Waals surface area contributed by atoms with Gasteiger partial charge in [-0.1, -0.05) is 23.8 Å². The first-order chi connectivity index (χ1) is 18.2. The van der Waals surface area contributed by atoms with Gasteiger partial charge in [0.25, 0.3) is 0 Å². The number of ether oxygens (including phenoxy) is 1. The molecular weight excluding hydrogens is 480 g/mol. The monoisotopic (exact) mass is 518 g/mol. The van der Waals surface area contributed by atoms with Crippen LogP contribution in [0.3, 0.4) is 0 Å². The van der Waals surface area contributed by atoms with Crippen molar-refractivity contribution >= 4 is 11.5 Å². The Morgan fingerprint density at radius 3 is 2.61 bits per heavy atom. The Bertz CT molecular complexity index is 1240. The third-order valence-corrected chi connectivity index (χ3v) is 7.10. The summed E-state index contributed by atoms with van der Waals surface area (Å²) in [7, 11) is 0. The number of rotatable bonds is 6. The number of benzene rings is 1. The van der Waals surface area contributed by atoms with E-state index in [2.05, 4.69) is 45.1 Å². The average Bonchev–Trinajstić information content (AvgIpc) is 3.39. The molecule has 1 aromatic heterocycles. The van der Waals surface area contributed by atoms with Crippen molar-refractivity contribution in [1.82, 2.24) is 29.8 Å². The SMILES string of the molecule is Cc1cccc(-c2ccn(C3=N/C(=C/C(=N)CN4CCN(C(C)(C)O)CC4)NC(N4CCOCC4)=C3)n2)c1. The van der Waals surface area contributed by atoms with Gasteiger partial charge in [-0.05, 0) is 32.9 Å². The number of hydrogen-bond acceptors (Lipinski definition) is 9. The second kappa shape index (κ2) is 11.2. The van der Waals surface area contributed by atoms with Crippen LogP contribution in [0.5, 0.6) is 0 Å². The molecule has 3 aliphatic heterocycles. The van der Waals surface area contributed by atoms with Crippen LogP contribution in [0.4, 0.5) is 0 Å². The van der Waals surface area contributed by atoms with Crippen molar-refractivity contribution < 1.29 is 9.84 Å². The number of morpholine rings is 1. The molecule has 2 fully saturated rings. The smallest absolute Gasteiger partial charge is 0.159 e. The lowest BCUT2D eigenvalue weighted by atomic mass is 10.1. The topological polar surface area (TPSA) is 105 Å². The lowest BCUT2D eigenvalue weighted by molar-refractivity contribution is -0.0948. The summed E-state index contributed by atoms with van der Waals surface area (Å²) in [4.78, 5) is 11.4. The Morgan fingerprint density at radius 1 is 1.13 bits per heavy atom. The second-order valence-electron chi connectivity index (χ2n) is 10.6. The minimum Gasteiger partial charge on any atom is -0.378 e. The highest BCUT2D eigenvalue weighted by molar-refractivity contribution is 5.98. The zero-order chi connectivity index (χ0) is 26.7. The number of aliphatic hydroxyl groups is 1. The first-order valence-corrected chi connectivity index (χ1v) is 13.3. The summed E-state index contributed by atoms with van der Waals surface area (Å²) < 4.78 is 7.35. The fourth-order valence-electron chi connectivity index (χ4n) is 4.95. The molecular formula is C28H38N8O2. The van der Waals surface area contributed by atoms with Crippen molar-refractivity contribution in [2.75, 3.05) is 59.0 Å². The molecule has 202 valence electrons. The minimum atomic E-state index is -0.813. The van der Waals surface area contributed by atoms with Crippen LogP contribution < -0.4 is 5.32 Å². The molecule has 0 amide bonds. The maximum absolute atomic E-state index is 10.3. The molecule has 10 nitrogen and oxygen atoms in total. The highest BCUT2D eigenvalue weighted by atomic mass is 16.5. The van der Waals surface area contributed by atoms with E-state index in [1.54, 1.807) is 10.8 Å². The van der Waals surface area contributed by atoms with E-state index in [1.165, 1.54) is 5.56 Å². The molecule has 0 radical (unpaired) electrons. The highest BCUT2D eigenvalue weighted by Crippen LogP contribution is 2.20. The first kappa shape index (κ1) is 26.3. The van der Waals surface area contributed by atoms with E-state index in [0.29, 0.717) is 37.1 Å². The molecule has 2 saturated heterocycles. The molecule has 1 aromatic carbocycles. The molecule has 0 saturated carbocycles.